The molecule has 1 amide bonds. The highest BCUT2D eigenvalue weighted by Gasteiger charge is 2.37. The molecule has 5 N–H and O–H groups in total. The molecule has 1 aliphatic carbocycles. The number of primary amides is 1. The molecular weight excluding hydrogens is 284 g/mol. The highest BCUT2D eigenvalue weighted by Crippen LogP contribution is 2.32. The van der Waals surface area contributed by atoms with Crippen molar-refractivity contribution in [2.45, 2.75) is 43.1 Å². The minimum Gasteiger partial charge on any atom is -0.388 e. The molecule has 0 unspecified atom stereocenters. The fourth-order valence-corrected chi connectivity index (χ4v) is 3.39. The van der Waals surface area contributed by atoms with E-state index in [1.807, 2.05) is 0 Å². The van der Waals surface area contributed by atoms with Crippen LogP contribution in [0.5, 0.6) is 0 Å². The minimum absolute atomic E-state index is 0.131. The van der Waals surface area contributed by atoms with Gasteiger partial charge >= 0.3 is 0 Å². The Morgan fingerprint density at radius 2 is 2.10 bits per heavy atom. The zero-order chi connectivity index (χ0) is 15.0. The molecular formula is C11H18N4O4S. The second kappa shape index (κ2) is 5.15. The number of nitrogens with zero attached hydrogens (tertiary/aromatic N) is 2. The van der Waals surface area contributed by atoms with Crippen LogP contribution in [-0.4, -0.2) is 40.1 Å². The first-order valence-electron chi connectivity index (χ1n) is 6.27. The van der Waals surface area contributed by atoms with Crippen molar-refractivity contribution in [1.29, 1.82) is 0 Å². The van der Waals surface area contributed by atoms with Crippen LogP contribution in [0, 0.1) is 0 Å². The van der Waals surface area contributed by atoms with Crippen molar-refractivity contribution >= 4 is 15.9 Å². The Morgan fingerprint density at radius 3 is 2.55 bits per heavy atom. The minimum atomic E-state index is -3.55. The van der Waals surface area contributed by atoms with Crippen molar-refractivity contribution in [2.75, 3.05) is 0 Å². The lowest BCUT2D eigenvalue weighted by Crippen LogP contribution is -2.43. The van der Waals surface area contributed by atoms with Crippen LogP contribution in [0.1, 0.15) is 36.2 Å². The molecule has 0 spiro atoms. The summed E-state index contributed by atoms with van der Waals surface area (Å²) in [6, 6.07) is 1.47. The molecule has 2 rings (SSSR count). The number of nitrogens with two attached hydrogens (primary N) is 2. The third-order valence-corrected chi connectivity index (χ3v) is 5.08. The Labute approximate surface area is 116 Å². The molecule has 0 radical (unpaired) electrons. The van der Waals surface area contributed by atoms with Gasteiger partial charge in [-0.15, -0.1) is 0 Å². The maximum Gasteiger partial charge on any atom is 0.269 e. The SMILES string of the molecule is NC(=O)c1ccn(CC2(O)CCC(S(N)(=O)=O)CC2)n1. The number of primary sulfonamides is 1. The number of hydrogen-bond acceptors (Lipinski definition) is 5. The van der Waals surface area contributed by atoms with Gasteiger partial charge in [-0.3, -0.25) is 9.48 Å². The van der Waals surface area contributed by atoms with Gasteiger partial charge in [0.2, 0.25) is 10.0 Å². The normalized spacial score (nSPS) is 27.4. The zero-order valence-corrected chi connectivity index (χ0v) is 11.7. The summed E-state index contributed by atoms with van der Waals surface area (Å²) < 4.78 is 24.0. The summed E-state index contributed by atoms with van der Waals surface area (Å²) in [5, 5.41) is 18.9. The first-order chi connectivity index (χ1) is 9.20. The van der Waals surface area contributed by atoms with Gasteiger partial charge in [0, 0.05) is 6.20 Å². The third kappa shape index (κ3) is 3.35. The Balaban J connectivity index is 2.01. The Bertz CT molecular complexity index is 602. The van der Waals surface area contributed by atoms with E-state index in [0.717, 1.165) is 0 Å². The van der Waals surface area contributed by atoms with E-state index in [1.165, 1.54) is 10.7 Å². The lowest BCUT2D eigenvalue weighted by atomic mass is 9.84. The van der Waals surface area contributed by atoms with Gasteiger partial charge in [-0.05, 0) is 31.7 Å². The van der Waals surface area contributed by atoms with E-state index in [-0.39, 0.29) is 12.2 Å². The highest BCUT2D eigenvalue weighted by atomic mass is 32.2. The van der Waals surface area contributed by atoms with Gasteiger partial charge in [-0.2, -0.15) is 5.10 Å². The molecule has 1 heterocycles. The standard InChI is InChI=1S/C11H18N4O4S/c12-10(16)9-3-6-15(14-9)7-11(17)4-1-8(2-5-11)20(13,18)19/h3,6,8,17H,1-2,4-5,7H2,(H2,12,16)(H2,13,18,19). The van der Waals surface area contributed by atoms with Crippen molar-refractivity contribution in [1.82, 2.24) is 9.78 Å². The van der Waals surface area contributed by atoms with Crippen molar-refractivity contribution in [3.05, 3.63) is 18.0 Å². The molecule has 1 aliphatic rings. The molecule has 20 heavy (non-hydrogen) atoms. The summed E-state index contributed by atoms with van der Waals surface area (Å²) in [6.45, 7) is 0.192. The highest BCUT2D eigenvalue weighted by molar-refractivity contribution is 7.89. The number of carbonyl (C=O) groups excluding carboxylic acids is 1. The number of rotatable bonds is 4. The fourth-order valence-electron chi connectivity index (χ4n) is 2.50. The van der Waals surface area contributed by atoms with Crippen molar-refractivity contribution < 1.29 is 18.3 Å². The summed E-state index contributed by atoms with van der Waals surface area (Å²) in [4.78, 5) is 10.9. The molecule has 0 aromatic carbocycles. The first-order valence-corrected chi connectivity index (χ1v) is 7.88. The first kappa shape index (κ1) is 14.9. The Hall–Kier alpha value is -1.45. The second-order valence-electron chi connectivity index (χ2n) is 5.28. The quantitative estimate of drug-likeness (QED) is 0.650. The molecule has 112 valence electrons. The molecule has 1 aromatic rings. The topological polar surface area (TPSA) is 141 Å². The lowest BCUT2D eigenvalue weighted by Gasteiger charge is -2.35. The van der Waals surface area contributed by atoms with Gasteiger partial charge in [0.05, 0.1) is 17.4 Å². The summed E-state index contributed by atoms with van der Waals surface area (Å²) in [6.07, 6.45) is 2.84. The summed E-state index contributed by atoms with van der Waals surface area (Å²) in [7, 11) is -3.55. The van der Waals surface area contributed by atoms with Crippen LogP contribution in [0.4, 0.5) is 0 Å². The van der Waals surface area contributed by atoms with E-state index in [0.29, 0.717) is 25.7 Å². The van der Waals surface area contributed by atoms with Crippen molar-refractivity contribution in [2.24, 2.45) is 10.9 Å². The molecule has 0 aliphatic heterocycles. The van der Waals surface area contributed by atoms with Gasteiger partial charge in [0.15, 0.2) is 0 Å². The van der Waals surface area contributed by atoms with Crippen molar-refractivity contribution in [3.8, 4) is 0 Å². The Morgan fingerprint density at radius 1 is 1.50 bits per heavy atom. The number of sulfonamides is 1. The molecule has 1 aromatic heterocycles. The van der Waals surface area contributed by atoms with E-state index in [1.54, 1.807) is 6.20 Å². The molecule has 0 atom stereocenters. The van der Waals surface area contributed by atoms with E-state index >= 15 is 0 Å². The van der Waals surface area contributed by atoms with Crippen molar-refractivity contribution in [3.63, 3.8) is 0 Å². The third-order valence-electron chi connectivity index (χ3n) is 3.68. The Kier molecular flexibility index (Phi) is 3.85. The average Bonchev–Trinajstić information content (AvgIpc) is 2.76. The number of hydrogen-bond donors (Lipinski definition) is 3. The lowest BCUT2D eigenvalue weighted by molar-refractivity contribution is -0.0135. The van der Waals surface area contributed by atoms with Crippen LogP contribution in [0.3, 0.4) is 0 Å². The number of aromatic nitrogens is 2. The average molecular weight is 302 g/mol. The number of carbonyl (C=O) groups is 1. The van der Waals surface area contributed by atoms with Crippen LogP contribution >= 0.6 is 0 Å². The fraction of sp³-hybridized carbons (Fsp3) is 0.636. The monoisotopic (exact) mass is 302 g/mol. The smallest absolute Gasteiger partial charge is 0.269 e. The molecule has 1 fully saturated rings. The maximum absolute atomic E-state index is 11.3. The van der Waals surface area contributed by atoms with E-state index < -0.39 is 26.8 Å². The number of aliphatic hydroxyl groups is 1. The van der Waals surface area contributed by atoms with Gasteiger partial charge in [-0.1, -0.05) is 0 Å². The van der Waals surface area contributed by atoms with E-state index in [2.05, 4.69) is 5.10 Å². The zero-order valence-electron chi connectivity index (χ0n) is 10.9. The van der Waals surface area contributed by atoms with Gasteiger partial charge in [-0.25, -0.2) is 13.6 Å². The summed E-state index contributed by atoms with van der Waals surface area (Å²) in [5.41, 5.74) is 4.19. The van der Waals surface area contributed by atoms with E-state index in [4.69, 9.17) is 10.9 Å². The van der Waals surface area contributed by atoms with E-state index in [9.17, 15) is 18.3 Å². The predicted octanol–water partition coefficient (Wildman–Crippen LogP) is -1.06. The second-order valence-corrected chi connectivity index (χ2v) is 7.12. The van der Waals surface area contributed by atoms with Crippen LogP contribution in [0.2, 0.25) is 0 Å². The van der Waals surface area contributed by atoms with Crippen LogP contribution < -0.4 is 10.9 Å². The van der Waals surface area contributed by atoms with Crippen LogP contribution in [0.15, 0.2) is 12.3 Å². The summed E-state index contributed by atoms with van der Waals surface area (Å²) in [5.74, 6) is -0.631. The maximum atomic E-state index is 11.3. The molecule has 8 nitrogen and oxygen atoms in total. The largest absolute Gasteiger partial charge is 0.388 e. The molecule has 0 saturated heterocycles. The van der Waals surface area contributed by atoms with Gasteiger partial charge < -0.3 is 10.8 Å². The van der Waals surface area contributed by atoms with Crippen LogP contribution in [0.25, 0.3) is 0 Å². The molecule has 9 heteroatoms. The summed E-state index contributed by atoms with van der Waals surface area (Å²) >= 11 is 0. The van der Waals surface area contributed by atoms with Gasteiger partial charge in [0.25, 0.3) is 5.91 Å². The van der Waals surface area contributed by atoms with Gasteiger partial charge in [0.1, 0.15) is 5.69 Å². The predicted molar refractivity (Wildman–Crippen MR) is 71.1 cm³/mol. The molecule has 1 saturated carbocycles. The van der Waals surface area contributed by atoms with Crippen LogP contribution in [-0.2, 0) is 16.6 Å². The number of amides is 1. The molecule has 0 bridgehead atoms.